The van der Waals surface area contributed by atoms with Gasteiger partial charge in [-0.25, -0.2) is 9.98 Å². The number of rotatable bonds is 8. The summed E-state index contributed by atoms with van der Waals surface area (Å²) in [5, 5.41) is 0. The van der Waals surface area contributed by atoms with Crippen molar-refractivity contribution in [3.05, 3.63) is 190 Å². The average molecular weight is 933 g/mol. The molecule has 4 atom stereocenters. The SMILES string of the molecule is Cc1ccc(-c2cccc([C@H]3N=C(CC4=N[C@H](c5cccc(-c6ccc(C)cc6)c5)C(c5ccc(C)cc5)O4)OC3c3ccc(C)cc3)c2)cc1.[Br-].[Br-].[Pd+2]. The number of hydrogen-bond donors (Lipinski definition) is 0. The molecule has 2 unspecified atom stereocenters. The Hall–Kier alpha value is -4.12. The van der Waals surface area contributed by atoms with Gasteiger partial charge in [-0.15, -0.1) is 0 Å². The maximum atomic E-state index is 6.75. The first kappa shape index (κ1) is 41.1. The van der Waals surface area contributed by atoms with Crippen LogP contribution in [0.2, 0.25) is 0 Å². The molecular formula is C47H42Br2N2O2Pd. The number of nitrogens with zero attached hydrogens (tertiary/aromatic N) is 2. The van der Waals surface area contributed by atoms with Gasteiger partial charge < -0.3 is 43.4 Å². The third kappa shape index (κ3) is 9.04. The minimum atomic E-state index is -0.259. The molecule has 0 bridgehead atoms. The van der Waals surface area contributed by atoms with Gasteiger partial charge >= 0.3 is 20.4 Å². The fourth-order valence-corrected chi connectivity index (χ4v) is 7.04. The summed E-state index contributed by atoms with van der Waals surface area (Å²) in [4.78, 5) is 10.5. The van der Waals surface area contributed by atoms with Crippen molar-refractivity contribution in [2.75, 3.05) is 0 Å². The number of aryl methyl sites for hydroxylation is 4. The molecule has 2 heterocycles. The second-order valence-corrected chi connectivity index (χ2v) is 14.0. The topological polar surface area (TPSA) is 43.2 Å². The molecule has 54 heavy (non-hydrogen) atoms. The van der Waals surface area contributed by atoms with E-state index < -0.39 is 0 Å². The fraction of sp³-hybridized carbons (Fsp3) is 0.191. The van der Waals surface area contributed by atoms with E-state index in [4.69, 9.17) is 19.5 Å². The molecule has 0 aliphatic carbocycles. The van der Waals surface area contributed by atoms with Gasteiger partial charge in [-0.2, -0.15) is 0 Å². The van der Waals surface area contributed by atoms with E-state index in [1.807, 2.05) is 0 Å². The van der Waals surface area contributed by atoms with Crippen LogP contribution in [0.15, 0.2) is 156 Å². The molecule has 4 nitrogen and oxygen atoms in total. The third-order valence-electron chi connectivity index (χ3n) is 10.0. The number of benzene rings is 6. The smallest absolute Gasteiger partial charge is 1.00 e. The van der Waals surface area contributed by atoms with Gasteiger partial charge in [-0.05, 0) is 84.3 Å². The second kappa shape index (κ2) is 18.0. The minimum absolute atomic E-state index is 0. The molecule has 0 fully saturated rings. The average Bonchev–Trinajstić information content (AvgIpc) is 3.78. The van der Waals surface area contributed by atoms with Crippen molar-refractivity contribution in [2.24, 2.45) is 9.98 Å². The van der Waals surface area contributed by atoms with Crippen LogP contribution in [0.25, 0.3) is 22.3 Å². The van der Waals surface area contributed by atoms with Crippen molar-refractivity contribution < 1.29 is 63.9 Å². The van der Waals surface area contributed by atoms with E-state index in [-0.39, 0.29) is 78.7 Å². The van der Waals surface area contributed by atoms with Gasteiger partial charge in [0, 0.05) is 0 Å². The Balaban J connectivity index is 0.00000187. The van der Waals surface area contributed by atoms with Crippen molar-refractivity contribution in [3.8, 4) is 22.3 Å². The molecule has 0 saturated carbocycles. The van der Waals surface area contributed by atoms with Crippen molar-refractivity contribution in [3.63, 3.8) is 0 Å². The Labute approximate surface area is 354 Å². The maximum Gasteiger partial charge on any atom is 2.00 e. The molecule has 7 heteroatoms. The molecule has 0 radical (unpaired) electrons. The third-order valence-corrected chi connectivity index (χ3v) is 10.0. The summed E-state index contributed by atoms with van der Waals surface area (Å²) in [5.74, 6) is 1.28. The molecule has 276 valence electrons. The molecule has 0 spiro atoms. The summed E-state index contributed by atoms with van der Waals surface area (Å²) in [6, 6.07) is 51.5. The van der Waals surface area contributed by atoms with E-state index in [9.17, 15) is 0 Å². The number of aliphatic imine (C=N–C) groups is 2. The first-order valence-corrected chi connectivity index (χ1v) is 17.8. The predicted octanol–water partition coefficient (Wildman–Crippen LogP) is 5.77. The summed E-state index contributed by atoms with van der Waals surface area (Å²) in [6.45, 7) is 8.45. The molecule has 2 aliphatic heterocycles. The molecule has 2 aliphatic rings. The molecule has 0 amide bonds. The van der Waals surface area contributed by atoms with Crippen molar-refractivity contribution in [1.29, 1.82) is 0 Å². The Kier molecular flexibility index (Phi) is 13.7. The number of hydrogen-bond acceptors (Lipinski definition) is 4. The van der Waals surface area contributed by atoms with Crippen LogP contribution < -0.4 is 34.0 Å². The Morgan fingerprint density at radius 1 is 0.407 bits per heavy atom. The molecule has 0 saturated heterocycles. The van der Waals surface area contributed by atoms with E-state index in [2.05, 4.69) is 173 Å². The summed E-state index contributed by atoms with van der Waals surface area (Å²) in [7, 11) is 0. The van der Waals surface area contributed by atoms with Crippen LogP contribution in [0.4, 0.5) is 0 Å². The summed E-state index contributed by atoms with van der Waals surface area (Å²) < 4.78 is 13.5. The van der Waals surface area contributed by atoms with Gasteiger partial charge in [0.2, 0.25) is 0 Å². The Morgan fingerprint density at radius 2 is 0.741 bits per heavy atom. The summed E-state index contributed by atoms with van der Waals surface area (Å²) in [5.41, 5.74) is 14.1. The van der Waals surface area contributed by atoms with Crippen molar-refractivity contribution >= 4 is 11.8 Å². The van der Waals surface area contributed by atoms with Crippen LogP contribution in [0, 0.1) is 27.7 Å². The van der Waals surface area contributed by atoms with Gasteiger partial charge in [0.05, 0.1) is 6.42 Å². The second-order valence-electron chi connectivity index (χ2n) is 14.0. The molecule has 0 N–H and O–H groups in total. The molecule has 8 rings (SSSR count). The largest absolute Gasteiger partial charge is 2.00 e. The van der Waals surface area contributed by atoms with Gasteiger partial charge in [0.15, 0.2) is 24.0 Å². The van der Waals surface area contributed by atoms with Gasteiger partial charge in [-0.1, -0.05) is 156 Å². The van der Waals surface area contributed by atoms with Gasteiger partial charge in [-0.3, -0.25) is 0 Å². The minimum Gasteiger partial charge on any atom is -1.00 e. The molecular weight excluding hydrogens is 891 g/mol. The quantitative estimate of drug-likeness (QED) is 0.182. The maximum absolute atomic E-state index is 6.75. The van der Waals surface area contributed by atoms with Crippen molar-refractivity contribution in [1.82, 2.24) is 0 Å². The standard InChI is InChI=1S/C47H42N2O2.2BrH.Pd/c1-30-11-19-34(20-12-30)38-7-5-9-40(27-38)44-46(36-23-15-32(3)16-24-36)50-42(48-44)29-43-49-45(47(51-43)37-25-17-33(4)18-26-37)41-10-6-8-39(28-41)35-21-13-31(2)14-22-35;;;/h5-28,44-47H,29H2,1-4H3;2*1H;/q;;;+2/p-2/t44-,45-,46?,47?;;;/m1.../s1. The van der Waals surface area contributed by atoms with E-state index in [0.29, 0.717) is 18.2 Å². The number of ether oxygens (including phenoxy) is 2. The van der Waals surface area contributed by atoms with Crippen LogP contribution >= 0.6 is 0 Å². The zero-order valence-electron chi connectivity index (χ0n) is 30.7. The first-order valence-electron chi connectivity index (χ1n) is 17.8. The van der Waals surface area contributed by atoms with Crippen LogP contribution in [0.3, 0.4) is 0 Å². The predicted molar refractivity (Wildman–Crippen MR) is 208 cm³/mol. The van der Waals surface area contributed by atoms with E-state index in [0.717, 1.165) is 22.3 Å². The number of halogens is 2. The summed E-state index contributed by atoms with van der Waals surface area (Å²) >= 11 is 0. The van der Waals surface area contributed by atoms with E-state index >= 15 is 0 Å². The molecule has 0 aromatic heterocycles. The molecule has 6 aromatic rings. The van der Waals surface area contributed by atoms with Crippen LogP contribution in [0.1, 0.15) is 75.2 Å². The van der Waals surface area contributed by atoms with Crippen LogP contribution in [-0.2, 0) is 29.9 Å². The molecule has 6 aromatic carbocycles. The normalized spacial score (nSPS) is 18.5. The Morgan fingerprint density at radius 3 is 1.09 bits per heavy atom. The van der Waals surface area contributed by atoms with Crippen LogP contribution in [-0.4, -0.2) is 11.8 Å². The van der Waals surface area contributed by atoms with E-state index in [1.165, 1.54) is 44.5 Å². The fourth-order valence-electron chi connectivity index (χ4n) is 7.04. The van der Waals surface area contributed by atoms with Crippen molar-refractivity contribution in [2.45, 2.75) is 58.4 Å². The summed E-state index contributed by atoms with van der Waals surface area (Å²) in [6.07, 6.45) is -0.135. The van der Waals surface area contributed by atoms with Gasteiger partial charge in [0.25, 0.3) is 0 Å². The monoisotopic (exact) mass is 930 g/mol. The Bertz CT molecular complexity index is 2070. The van der Waals surface area contributed by atoms with E-state index in [1.54, 1.807) is 0 Å². The zero-order valence-corrected chi connectivity index (χ0v) is 35.4. The van der Waals surface area contributed by atoms with Crippen LogP contribution in [0.5, 0.6) is 0 Å². The zero-order chi connectivity index (χ0) is 34.9. The van der Waals surface area contributed by atoms with Gasteiger partial charge in [0.1, 0.15) is 12.1 Å². The first-order chi connectivity index (χ1) is 24.9.